The summed E-state index contributed by atoms with van der Waals surface area (Å²) in [5.41, 5.74) is 1.16. The predicted octanol–water partition coefficient (Wildman–Crippen LogP) is 2.97. The molecule has 1 heteroatoms. The molecule has 0 N–H and O–H groups in total. The van der Waals surface area contributed by atoms with Gasteiger partial charge >= 0.3 is 0 Å². The lowest BCUT2D eigenvalue weighted by Gasteiger charge is -2.06. The second kappa shape index (κ2) is 4.81. The Balaban J connectivity index is 2.46. The van der Waals surface area contributed by atoms with Gasteiger partial charge in [0.05, 0.1) is 6.61 Å². The molecule has 0 aliphatic rings. The van der Waals surface area contributed by atoms with Crippen molar-refractivity contribution >= 4 is 0 Å². The molecule has 1 aromatic rings. The van der Waals surface area contributed by atoms with Gasteiger partial charge in [0, 0.05) is 6.07 Å². The fourth-order valence-corrected chi connectivity index (χ4v) is 0.980. The Hall–Kier alpha value is -0.980. The number of para-hydroxylation sites is 1. The van der Waals surface area contributed by atoms with E-state index in [1.54, 1.807) is 0 Å². The maximum atomic E-state index is 5.52. The minimum absolute atomic E-state index is 0.803. The third-order valence-electron chi connectivity index (χ3n) is 1.76. The highest BCUT2D eigenvalue weighted by Gasteiger charge is 1.95. The van der Waals surface area contributed by atoms with E-state index in [1.165, 1.54) is 6.42 Å². The molecule has 12 heavy (non-hydrogen) atoms. The van der Waals surface area contributed by atoms with Crippen LogP contribution in [0, 0.1) is 13.0 Å². The highest BCUT2D eigenvalue weighted by Crippen LogP contribution is 2.15. The summed E-state index contributed by atoms with van der Waals surface area (Å²) >= 11 is 0. The lowest BCUT2D eigenvalue weighted by molar-refractivity contribution is 0.307. The van der Waals surface area contributed by atoms with Gasteiger partial charge in [0.25, 0.3) is 0 Å². The Kier molecular flexibility index (Phi) is 3.65. The molecule has 0 bridgehead atoms. The van der Waals surface area contributed by atoms with Crippen LogP contribution >= 0.6 is 0 Å². The summed E-state index contributed by atoms with van der Waals surface area (Å²) in [6, 6.07) is 8.97. The summed E-state index contributed by atoms with van der Waals surface area (Å²) in [6.45, 7) is 5.00. The van der Waals surface area contributed by atoms with E-state index >= 15 is 0 Å². The molecule has 0 amide bonds. The van der Waals surface area contributed by atoms with Gasteiger partial charge in [-0.3, -0.25) is 0 Å². The van der Waals surface area contributed by atoms with Crippen LogP contribution in [0.5, 0.6) is 5.75 Å². The van der Waals surface area contributed by atoms with E-state index in [4.69, 9.17) is 4.74 Å². The van der Waals surface area contributed by atoms with Gasteiger partial charge in [0.2, 0.25) is 0 Å². The van der Waals surface area contributed by atoms with Crippen molar-refractivity contribution in [3.63, 3.8) is 0 Å². The van der Waals surface area contributed by atoms with Crippen LogP contribution in [0.25, 0.3) is 0 Å². The van der Waals surface area contributed by atoms with Crippen LogP contribution in [0.4, 0.5) is 0 Å². The van der Waals surface area contributed by atoms with Gasteiger partial charge in [0.1, 0.15) is 5.75 Å². The number of unbranched alkanes of at least 4 members (excludes halogenated alkanes) is 1. The summed E-state index contributed by atoms with van der Waals surface area (Å²) in [5, 5.41) is 0. The van der Waals surface area contributed by atoms with Crippen molar-refractivity contribution in [3.8, 4) is 5.75 Å². The largest absolute Gasteiger partial charge is 0.493 e. The molecule has 1 nitrogen and oxygen atoms in total. The predicted molar refractivity (Wildman–Crippen MR) is 50.4 cm³/mol. The van der Waals surface area contributed by atoms with E-state index in [2.05, 4.69) is 13.0 Å². The first-order valence-corrected chi connectivity index (χ1v) is 4.44. The standard InChI is InChI=1S/C11H15O/c1-3-4-9-12-11-8-6-5-7-10(11)2/h5-7H,3-4,9H2,1-2H3. The van der Waals surface area contributed by atoms with Crippen LogP contribution < -0.4 is 4.74 Å². The van der Waals surface area contributed by atoms with Crippen molar-refractivity contribution in [1.82, 2.24) is 0 Å². The number of rotatable bonds is 4. The van der Waals surface area contributed by atoms with Gasteiger partial charge in [-0.05, 0) is 18.9 Å². The van der Waals surface area contributed by atoms with Gasteiger partial charge in [-0.1, -0.05) is 31.5 Å². The van der Waals surface area contributed by atoms with Crippen LogP contribution in [0.15, 0.2) is 18.2 Å². The van der Waals surface area contributed by atoms with Crippen molar-refractivity contribution in [2.75, 3.05) is 6.61 Å². The molecule has 1 radical (unpaired) electrons. The molecule has 0 heterocycles. The average molecular weight is 163 g/mol. The summed E-state index contributed by atoms with van der Waals surface area (Å²) < 4.78 is 5.52. The Bertz CT molecular complexity index is 230. The van der Waals surface area contributed by atoms with Crippen molar-refractivity contribution in [2.24, 2.45) is 0 Å². The average Bonchev–Trinajstić information content (AvgIpc) is 2.09. The van der Waals surface area contributed by atoms with Gasteiger partial charge in [-0.2, -0.15) is 0 Å². The normalized spacial score (nSPS) is 9.83. The van der Waals surface area contributed by atoms with Crippen molar-refractivity contribution in [2.45, 2.75) is 26.7 Å². The molecule has 0 saturated heterocycles. The zero-order valence-corrected chi connectivity index (χ0v) is 7.76. The summed E-state index contributed by atoms with van der Waals surface area (Å²) in [6.07, 6.45) is 2.29. The summed E-state index contributed by atoms with van der Waals surface area (Å²) in [7, 11) is 0. The molecule has 1 rings (SSSR count). The molecule has 0 fully saturated rings. The molecular formula is C11H15O. The van der Waals surface area contributed by atoms with E-state index in [9.17, 15) is 0 Å². The Morgan fingerprint density at radius 2 is 2.33 bits per heavy atom. The third-order valence-corrected chi connectivity index (χ3v) is 1.76. The zero-order chi connectivity index (χ0) is 8.81. The smallest absolute Gasteiger partial charge is 0.130 e. The maximum absolute atomic E-state index is 5.52. The number of hydrogen-bond acceptors (Lipinski definition) is 1. The van der Waals surface area contributed by atoms with E-state index in [-0.39, 0.29) is 0 Å². The van der Waals surface area contributed by atoms with Gasteiger partial charge in [-0.25, -0.2) is 0 Å². The molecule has 0 spiro atoms. The minimum atomic E-state index is 0.803. The van der Waals surface area contributed by atoms with Crippen LogP contribution in [0.3, 0.4) is 0 Å². The second-order valence-corrected chi connectivity index (χ2v) is 2.88. The van der Waals surface area contributed by atoms with Gasteiger partial charge in [0.15, 0.2) is 0 Å². The number of hydrogen-bond donors (Lipinski definition) is 0. The molecule has 0 aromatic heterocycles. The fraction of sp³-hybridized carbons (Fsp3) is 0.455. The van der Waals surface area contributed by atoms with Crippen molar-refractivity contribution < 1.29 is 4.74 Å². The molecule has 0 unspecified atom stereocenters. The monoisotopic (exact) mass is 163 g/mol. The molecule has 0 atom stereocenters. The molecule has 0 aliphatic heterocycles. The Morgan fingerprint density at radius 3 is 3.00 bits per heavy atom. The first-order chi connectivity index (χ1) is 5.84. The quantitative estimate of drug-likeness (QED) is 0.620. The summed E-state index contributed by atoms with van der Waals surface area (Å²) in [5.74, 6) is 0.894. The van der Waals surface area contributed by atoms with Crippen LogP contribution in [-0.2, 0) is 0 Å². The first-order valence-electron chi connectivity index (χ1n) is 4.44. The van der Waals surface area contributed by atoms with Crippen molar-refractivity contribution in [3.05, 3.63) is 29.8 Å². The Labute approximate surface area is 74.4 Å². The maximum Gasteiger partial charge on any atom is 0.130 e. The first kappa shape index (κ1) is 9.11. The van der Waals surface area contributed by atoms with Gasteiger partial charge < -0.3 is 4.74 Å². The van der Waals surface area contributed by atoms with Crippen LogP contribution in [0.2, 0.25) is 0 Å². The van der Waals surface area contributed by atoms with E-state index in [1.807, 2.05) is 25.1 Å². The number of aryl methyl sites for hydroxylation is 1. The topological polar surface area (TPSA) is 9.23 Å². The number of benzene rings is 1. The SMILES string of the molecule is CCCCOc1[c]cccc1C. The molecule has 1 aromatic carbocycles. The lowest BCUT2D eigenvalue weighted by Crippen LogP contribution is -1.97. The second-order valence-electron chi connectivity index (χ2n) is 2.88. The molecule has 0 saturated carbocycles. The molecule has 65 valence electrons. The Morgan fingerprint density at radius 1 is 1.50 bits per heavy atom. The van der Waals surface area contributed by atoms with E-state index < -0.39 is 0 Å². The highest BCUT2D eigenvalue weighted by molar-refractivity contribution is 5.30. The zero-order valence-electron chi connectivity index (χ0n) is 7.76. The lowest BCUT2D eigenvalue weighted by atomic mass is 10.2. The van der Waals surface area contributed by atoms with E-state index in [0.717, 1.165) is 24.3 Å². The van der Waals surface area contributed by atoms with Crippen LogP contribution in [0.1, 0.15) is 25.3 Å². The molecular weight excluding hydrogens is 148 g/mol. The minimum Gasteiger partial charge on any atom is -0.493 e. The van der Waals surface area contributed by atoms with Crippen molar-refractivity contribution in [1.29, 1.82) is 0 Å². The summed E-state index contributed by atoms with van der Waals surface area (Å²) in [4.78, 5) is 0. The third kappa shape index (κ3) is 2.57. The number of ether oxygens (including phenoxy) is 1. The van der Waals surface area contributed by atoms with Gasteiger partial charge in [-0.15, -0.1) is 0 Å². The highest BCUT2D eigenvalue weighted by atomic mass is 16.5. The van der Waals surface area contributed by atoms with E-state index in [0.29, 0.717) is 0 Å². The fourth-order valence-electron chi connectivity index (χ4n) is 0.980. The van der Waals surface area contributed by atoms with Crippen LogP contribution in [-0.4, -0.2) is 6.61 Å². The molecule has 0 aliphatic carbocycles.